The van der Waals surface area contributed by atoms with Crippen LogP contribution in [0.4, 0.5) is 29.3 Å². The molecule has 3 aromatic rings. The van der Waals surface area contributed by atoms with Gasteiger partial charge in [0, 0.05) is 13.1 Å². The van der Waals surface area contributed by atoms with Gasteiger partial charge in [-0.3, -0.25) is 4.90 Å². The van der Waals surface area contributed by atoms with Gasteiger partial charge in [0.05, 0.1) is 16.9 Å². The first-order valence-corrected chi connectivity index (χ1v) is 10.3. The van der Waals surface area contributed by atoms with Crippen molar-refractivity contribution in [3.8, 4) is 0 Å². The molecule has 162 valence electrons. The minimum Gasteiger partial charge on any atom is -0.320 e. The molecule has 0 aliphatic heterocycles. The van der Waals surface area contributed by atoms with Gasteiger partial charge in [-0.1, -0.05) is 67.9 Å². The van der Waals surface area contributed by atoms with Gasteiger partial charge in [-0.05, 0) is 42.3 Å². The van der Waals surface area contributed by atoms with Crippen molar-refractivity contribution in [3.63, 3.8) is 0 Å². The van der Waals surface area contributed by atoms with Crippen LogP contribution in [0.3, 0.4) is 0 Å². The molecule has 2 amide bonds. The number of urea groups is 1. The maximum atomic E-state index is 13.7. The normalized spacial score (nSPS) is 11.2. The molecule has 31 heavy (non-hydrogen) atoms. The van der Waals surface area contributed by atoms with Crippen molar-refractivity contribution in [2.75, 3.05) is 11.4 Å². The lowest BCUT2D eigenvalue weighted by Gasteiger charge is -2.31. The van der Waals surface area contributed by atoms with E-state index in [1.54, 1.807) is 35.2 Å². The van der Waals surface area contributed by atoms with Crippen LogP contribution in [-0.4, -0.2) is 17.5 Å². The van der Waals surface area contributed by atoms with Gasteiger partial charge in [0.15, 0.2) is 0 Å². The predicted octanol–water partition coefficient (Wildman–Crippen LogP) is 7.27. The zero-order valence-corrected chi connectivity index (χ0v) is 17.3. The number of carbonyl (C=O) groups excluding carboxylic acids is 1. The van der Waals surface area contributed by atoms with Gasteiger partial charge in [0.1, 0.15) is 0 Å². The summed E-state index contributed by atoms with van der Waals surface area (Å²) in [6.45, 7) is 2.92. The number of unbranched alkanes of at least 4 members (excludes halogenated alkanes) is 1. The molecule has 0 aromatic heterocycles. The maximum absolute atomic E-state index is 13.7. The fourth-order valence-corrected chi connectivity index (χ4v) is 3.30. The van der Waals surface area contributed by atoms with E-state index < -0.39 is 11.7 Å². The monoisotopic (exact) mass is 426 g/mol. The summed E-state index contributed by atoms with van der Waals surface area (Å²) >= 11 is 0. The molecule has 0 bridgehead atoms. The average molecular weight is 426 g/mol. The number of hydrogen-bond acceptors (Lipinski definition) is 1. The number of alkyl halides is 3. The van der Waals surface area contributed by atoms with Crippen LogP contribution in [0.1, 0.15) is 30.9 Å². The van der Waals surface area contributed by atoms with Crippen molar-refractivity contribution < 1.29 is 18.0 Å². The highest BCUT2D eigenvalue weighted by Crippen LogP contribution is 2.34. The SMILES string of the molecule is CCCCN(Cc1ccccc1)C(=O)N(c1ccccc1)c1cccc(C(F)(F)F)c1. The van der Waals surface area contributed by atoms with Gasteiger partial charge >= 0.3 is 12.2 Å². The summed E-state index contributed by atoms with van der Waals surface area (Å²) in [5, 5.41) is 0. The topological polar surface area (TPSA) is 23.6 Å². The third kappa shape index (κ3) is 5.87. The minimum atomic E-state index is -4.49. The van der Waals surface area contributed by atoms with Crippen LogP contribution >= 0.6 is 0 Å². The molecule has 0 aliphatic carbocycles. The number of benzene rings is 3. The van der Waals surface area contributed by atoms with Crippen LogP contribution in [-0.2, 0) is 12.7 Å². The maximum Gasteiger partial charge on any atom is 0.416 e. The zero-order chi connectivity index (χ0) is 22.3. The second-order valence-electron chi connectivity index (χ2n) is 7.26. The van der Waals surface area contributed by atoms with Crippen molar-refractivity contribution in [1.29, 1.82) is 0 Å². The molecule has 6 heteroatoms. The molecule has 0 aliphatic rings. The number of carbonyl (C=O) groups is 1. The number of amides is 2. The fourth-order valence-electron chi connectivity index (χ4n) is 3.30. The Bertz CT molecular complexity index is 975. The largest absolute Gasteiger partial charge is 0.416 e. The molecule has 3 nitrogen and oxygen atoms in total. The Morgan fingerprint density at radius 1 is 0.839 bits per heavy atom. The van der Waals surface area contributed by atoms with Crippen LogP contribution in [0.15, 0.2) is 84.9 Å². The summed E-state index contributed by atoms with van der Waals surface area (Å²) in [7, 11) is 0. The summed E-state index contributed by atoms with van der Waals surface area (Å²) in [5.41, 5.74) is 0.868. The molecule has 0 saturated carbocycles. The van der Waals surface area contributed by atoms with Crippen molar-refractivity contribution in [1.82, 2.24) is 4.90 Å². The van der Waals surface area contributed by atoms with E-state index in [1.807, 2.05) is 37.3 Å². The average Bonchev–Trinajstić information content (AvgIpc) is 2.78. The highest BCUT2D eigenvalue weighted by atomic mass is 19.4. The second kappa shape index (κ2) is 10.2. The van der Waals surface area contributed by atoms with Crippen molar-refractivity contribution in [3.05, 3.63) is 96.1 Å². The van der Waals surface area contributed by atoms with E-state index in [-0.39, 0.29) is 11.7 Å². The van der Waals surface area contributed by atoms with Crippen LogP contribution in [0.5, 0.6) is 0 Å². The van der Waals surface area contributed by atoms with E-state index in [0.717, 1.165) is 30.5 Å². The first kappa shape index (κ1) is 22.4. The molecular weight excluding hydrogens is 401 g/mol. The Kier molecular flexibility index (Phi) is 7.34. The quantitative estimate of drug-likeness (QED) is 0.390. The predicted molar refractivity (Wildman–Crippen MR) is 117 cm³/mol. The van der Waals surface area contributed by atoms with Crippen LogP contribution in [0.25, 0.3) is 0 Å². The highest BCUT2D eigenvalue weighted by Gasteiger charge is 2.32. The van der Waals surface area contributed by atoms with E-state index in [2.05, 4.69) is 0 Å². The fraction of sp³-hybridized carbons (Fsp3) is 0.240. The molecule has 0 unspecified atom stereocenters. The molecule has 0 radical (unpaired) electrons. The van der Waals surface area contributed by atoms with Gasteiger partial charge < -0.3 is 4.90 Å². The summed E-state index contributed by atoms with van der Waals surface area (Å²) < 4.78 is 40.0. The first-order chi connectivity index (χ1) is 14.9. The summed E-state index contributed by atoms with van der Waals surface area (Å²) in [6.07, 6.45) is -2.80. The third-order valence-corrected chi connectivity index (χ3v) is 4.91. The van der Waals surface area contributed by atoms with E-state index in [4.69, 9.17) is 0 Å². The summed E-state index contributed by atoms with van der Waals surface area (Å²) in [5.74, 6) is 0. The number of para-hydroxylation sites is 1. The Balaban J connectivity index is 2.02. The zero-order valence-electron chi connectivity index (χ0n) is 17.3. The lowest BCUT2D eigenvalue weighted by Crippen LogP contribution is -2.41. The van der Waals surface area contributed by atoms with Crippen molar-refractivity contribution in [2.45, 2.75) is 32.5 Å². The smallest absolute Gasteiger partial charge is 0.320 e. The van der Waals surface area contributed by atoms with E-state index in [0.29, 0.717) is 18.8 Å². The molecule has 3 aromatic carbocycles. The van der Waals surface area contributed by atoms with Crippen LogP contribution in [0.2, 0.25) is 0 Å². The van der Waals surface area contributed by atoms with Gasteiger partial charge in [-0.15, -0.1) is 0 Å². The number of nitrogens with zero attached hydrogens (tertiary/aromatic N) is 2. The van der Waals surface area contributed by atoms with Gasteiger partial charge in [0.25, 0.3) is 0 Å². The number of anilines is 2. The first-order valence-electron chi connectivity index (χ1n) is 10.3. The summed E-state index contributed by atoms with van der Waals surface area (Å²) in [4.78, 5) is 16.7. The molecular formula is C25H25F3N2O. The third-order valence-electron chi connectivity index (χ3n) is 4.91. The molecule has 3 rings (SSSR count). The molecule has 0 fully saturated rings. The van der Waals surface area contributed by atoms with Crippen molar-refractivity contribution >= 4 is 17.4 Å². The Morgan fingerprint density at radius 2 is 1.45 bits per heavy atom. The summed E-state index contributed by atoms with van der Waals surface area (Å²) in [6, 6.07) is 22.9. The number of halogens is 3. The van der Waals surface area contributed by atoms with Gasteiger partial charge in [0.2, 0.25) is 0 Å². The van der Waals surface area contributed by atoms with Gasteiger partial charge in [-0.2, -0.15) is 13.2 Å². The Morgan fingerprint density at radius 3 is 2.06 bits per heavy atom. The van der Waals surface area contributed by atoms with Gasteiger partial charge in [-0.25, -0.2) is 4.79 Å². The van der Waals surface area contributed by atoms with Crippen molar-refractivity contribution in [2.24, 2.45) is 0 Å². The Hall–Kier alpha value is -3.28. The number of rotatable bonds is 7. The lowest BCUT2D eigenvalue weighted by molar-refractivity contribution is -0.137. The standard InChI is InChI=1S/C25H25F3N2O/c1-2-3-17-29(19-20-11-6-4-7-12-20)24(31)30(22-14-8-5-9-15-22)23-16-10-13-21(18-23)25(26,27)28/h4-16,18H,2-3,17,19H2,1H3. The molecule has 0 spiro atoms. The molecule has 0 atom stereocenters. The molecule has 0 N–H and O–H groups in total. The Labute approximate surface area is 180 Å². The molecule has 0 heterocycles. The number of hydrogen-bond donors (Lipinski definition) is 0. The van der Waals surface area contributed by atoms with E-state index in [1.165, 1.54) is 17.0 Å². The minimum absolute atomic E-state index is 0.181. The molecule has 0 saturated heterocycles. The van der Waals surface area contributed by atoms with Crippen LogP contribution in [0, 0.1) is 0 Å². The van der Waals surface area contributed by atoms with Crippen LogP contribution < -0.4 is 4.90 Å². The van der Waals surface area contributed by atoms with E-state index in [9.17, 15) is 18.0 Å². The highest BCUT2D eigenvalue weighted by molar-refractivity contribution is 5.99. The lowest BCUT2D eigenvalue weighted by atomic mass is 10.1. The van der Waals surface area contributed by atoms with E-state index >= 15 is 0 Å². The second-order valence-corrected chi connectivity index (χ2v) is 7.26.